The molecule has 0 unspecified atom stereocenters. The molecule has 2 amide bonds. The third-order valence-corrected chi connectivity index (χ3v) is 4.25. The lowest BCUT2D eigenvalue weighted by atomic mass is 10.2. The van der Waals surface area contributed by atoms with Crippen LogP contribution in [0.2, 0.25) is 0 Å². The SMILES string of the molecule is C[C@@H](Oc1ccc(F)cc1F)C(=O)N1CCN(C(=O)c2ccc[nH]2)CC1. The Morgan fingerprint density at radius 2 is 1.81 bits per heavy atom. The number of H-pyrrole nitrogens is 1. The molecule has 8 heteroatoms. The molecule has 0 saturated carbocycles. The van der Waals surface area contributed by atoms with Gasteiger partial charge in [-0.05, 0) is 31.2 Å². The number of nitrogens with zero attached hydrogens (tertiary/aromatic N) is 2. The molecule has 0 spiro atoms. The smallest absolute Gasteiger partial charge is 0.270 e. The summed E-state index contributed by atoms with van der Waals surface area (Å²) in [6, 6.07) is 6.38. The monoisotopic (exact) mass is 363 g/mol. The van der Waals surface area contributed by atoms with Gasteiger partial charge in [-0.2, -0.15) is 0 Å². The summed E-state index contributed by atoms with van der Waals surface area (Å²) in [5.74, 6) is -2.16. The summed E-state index contributed by atoms with van der Waals surface area (Å²) in [5.41, 5.74) is 0.508. The minimum Gasteiger partial charge on any atom is -0.478 e. The quantitative estimate of drug-likeness (QED) is 0.904. The van der Waals surface area contributed by atoms with E-state index in [-0.39, 0.29) is 17.6 Å². The highest BCUT2D eigenvalue weighted by Crippen LogP contribution is 2.20. The molecule has 138 valence electrons. The molecule has 1 N–H and O–H groups in total. The summed E-state index contributed by atoms with van der Waals surface area (Å²) in [4.78, 5) is 30.9. The number of aromatic amines is 1. The van der Waals surface area contributed by atoms with Crippen molar-refractivity contribution in [1.82, 2.24) is 14.8 Å². The van der Waals surface area contributed by atoms with Crippen LogP contribution in [-0.2, 0) is 4.79 Å². The number of hydrogen-bond donors (Lipinski definition) is 1. The van der Waals surface area contributed by atoms with Gasteiger partial charge in [-0.25, -0.2) is 8.78 Å². The van der Waals surface area contributed by atoms with Crippen molar-refractivity contribution in [3.63, 3.8) is 0 Å². The number of carbonyl (C=O) groups is 2. The summed E-state index contributed by atoms with van der Waals surface area (Å²) < 4.78 is 31.9. The fraction of sp³-hybridized carbons (Fsp3) is 0.333. The van der Waals surface area contributed by atoms with Gasteiger partial charge >= 0.3 is 0 Å². The van der Waals surface area contributed by atoms with Crippen molar-refractivity contribution in [3.8, 4) is 5.75 Å². The largest absolute Gasteiger partial charge is 0.478 e. The van der Waals surface area contributed by atoms with E-state index in [4.69, 9.17) is 4.74 Å². The number of amides is 2. The molecule has 1 fully saturated rings. The Hall–Kier alpha value is -2.90. The third kappa shape index (κ3) is 3.84. The minimum atomic E-state index is -0.916. The molecular weight excluding hydrogens is 344 g/mol. The zero-order valence-electron chi connectivity index (χ0n) is 14.2. The highest BCUT2D eigenvalue weighted by Gasteiger charge is 2.28. The topological polar surface area (TPSA) is 65.6 Å². The number of aromatic nitrogens is 1. The fourth-order valence-corrected chi connectivity index (χ4v) is 2.83. The molecule has 2 aromatic rings. The van der Waals surface area contributed by atoms with Gasteiger partial charge in [0.1, 0.15) is 11.5 Å². The van der Waals surface area contributed by atoms with Gasteiger partial charge in [0.15, 0.2) is 17.7 Å². The second-order valence-corrected chi connectivity index (χ2v) is 6.04. The first kappa shape index (κ1) is 17.9. The van der Waals surface area contributed by atoms with Crippen molar-refractivity contribution >= 4 is 11.8 Å². The van der Waals surface area contributed by atoms with Crippen LogP contribution >= 0.6 is 0 Å². The maximum Gasteiger partial charge on any atom is 0.270 e. The van der Waals surface area contributed by atoms with Gasteiger partial charge in [-0.3, -0.25) is 9.59 Å². The molecule has 1 saturated heterocycles. The highest BCUT2D eigenvalue weighted by atomic mass is 19.1. The van der Waals surface area contributed by atoms with E-state index in [9.17, 15) is 18.4 Å². The van der Waals surface area contributed by atoms with Crippen molar-refractivity contribution < 1.29 is 23.1 Å². The molecule has 26 heavy (non-hydrogen) atoms. The van der Waals surface area contributed by atoms with Gasteiger partial charge in [0.05, 0.1) is 0 Å². The number of nitrogens with one attached hydrogen (secondary N) is 1. The van der Waals surface area contributed by atoms with Gasteiger partial charge in [-0.15, -0.1) is 0 Å². The molecule has 3 rings (SSSR count). The molecule has 0 radical (unpaired) electrons. The number of carbonyl (C=O) groups excluding carboxylic acids is 2. The van der Waals surface area contributed by atoms with E-state index in [1.165, 1.54) is 6.92 Å². The summed E-state index contributed by atoms with van der Waals surface area (Å²) in [7, 11) is 0. The summed E-state index contributed by atoms with van der Waals surface area (Å²) in [6.07, 6.45) is 0.765. The van der Waals surface area contributed by atoms with Crippen LogP contribution in [0.4, 0.5) is 8.78 Å². The van der Waals surface area contributed by atoms with Crippen LogP contribution < -0.4 is 4.74 Å². The minimum absolute atomic E-state index is 0.111. The first-order valence-electron chi connectivity index (χ1n) is 8.29. The number of halogens is 2. The Morgan fingerprint density at radius 3 is 2.42 bits per heavy atom. The van der Waals surface area contributed by atoms with Crippen LogP contribution in [0.1, 0.15) is 17.4 Å². The number of piperazine rings is 1. The van der Waals surface area contributed by atoms with Gasteiger partial charge in [0.25, 0.3) is 11.8 Å². The maximum atomic E-state index is 13.7. The molecule has 1 aliphatic rings. The average molecular weight is 363 g/mol. The lowest BCUT2D eigenvalue weighted by Gasteiger charge is -2.35. The Bertz CT molecular complexity index is 787. The summed E-state index contributed by atoms with van der Waals surface area (Å²) in [6.45, 7) is 3.06. The van der Waals surface area contributed by atoms with Crippen molar-refractivity contribution in [2.45, 2.75) is 13.0 Å². The van der Waals surface area contributed by atoms with Gasteiger partial charge in [0, 0.05) is 38.4 Å². The zero-order chi connectivity index (χ0) is 18.7. The van der Waals surface area contributed by atoms with Crippen LogP contribution in [0.15, 0.2) is 36.5 Å². The molecule has 6 nitrogen and oxygen atoms in total. The zero-order valence-corrected chi connectivity index (χ0v) is 14.2. The Kier molecular flexibility index (Phi) is 5.20. The Labute approximate surface area is 149 Å². The van der Waals surface area contributed by atoms with E-state index in [0.29, 0.717) is 37.9 Å². The van der Waals surface area contributed by atoms with E-state index in [2.05, 4.69) is 4.98 Å². The van der Waals surface area contributed by atoms with Crippen molar-refractivity contribution in [1.29, 1.82) is 0 Å². The van der Waals surface area contributed by atoms with E-state index in [1.54, 1.807) is 28.1 Å². The number of benzene rings is 1. The van der Waals surface area contributed by atoms with Gasteiger partial charge in [0.2, 0.25) is 0 Å². The standard InChI is InChI=1S/C18H19F2N3O3/c1-12(26-16-5-4-13(19)11-14(16)20)17(24)22-7-9-23(10-8-22)18(25)15-3-2-6-21-15/h2-6,11-12,21H,7-10H2,1H3/t12-/m1/s1. The molecule has 1 atom stereocenters. The predicted molar refractivity (Wildman–Crippen MR) is 89.7 cm³/mol. The fourth-order valence-electron chi connectivity index (χ4n) is 2.83. The van der Waals surface area contributed by atoms with Crippen molar-refractivity contribution in [2.75, 3.05) is 26.2 Å². The van der Waals surface area contributed by atoms with Crippen LogP contribution in [0.5, 0.6) is 5.75 Å². The molecule has 1 aromatic carbocycles. The van der Waals surface area contributed by atoms with E-state index in [0.717, 1.165) is 12.1 Å². The number of ether oxygens (including phenoxy) is 1. The molecule has 0 aliphatic carbocycles. The average Bonchev–Trinajstić information content (AvgIpc) is 3.17. The highest BCUT2D eigenvalue weighted by molar-refractivity contribution is 5.92. The summed E-state index contributed by atoms with van der Waals surface area (Å²) in [5, 5.41) is 0. The number of rotatable bonds is 4. The second kappa shape index (κ2) is 7.55. The van der Waals surface area contributed by atoms with E-state index < -0.39 is 17.7 Å². The van der Waals surface area contributed by atoms with E-state index in [1.807, 2.05) is 0 Å². The van der Waals surface area contributed by atoms with Crippen LogP contribution in [0.3, 0.4) is 0 Å². The molecular formula is C18H19F2N3O3. The third-order valence-electron chi connectivity index (χ3n) is 4.25. The van der Waals surface area contributed by atoms with Gasteiger partial charge < -0.3 is 19.5 Å². The number of hydrogen-bond acceptors (Lipinski definition) is 3. The van der Waals surface area contributed by atoms with E-state index >= 15 is 0 Å². The molecule has 1 aromatic heterocycles. The molecule has 1 aliphatic heterocycles. The van der Waals surface area contributed by atoms with Crippen LogP contribution in [0, 0.1) is 11.6 Å². The maximum absolute atomic E-state index is 13.7. The van der Waals surface area contributed by atoms with Crippen molar-refractivity contribution in [3.05, 3.63) is 53.9 Å². The van der Waals surface area contributed by atoms with Crippen LogP contribution in [-0.4, -0.2) is 58.9 Å². The summed E-state index contributed by atoms with van der Waals surface area (Å²) >= 11 is 0. The molecule has 0 bridgehead atoms. The Morgan fingerprint density at radius 1 is 1.12 bits per heavy atom. The van der Waals surface area contributed by atoms with Crippen molar-refractivity contribution in [2.24, 2.45) is 0 Å². The lowest BCUT2D eigenvalue weighted by molar-refractivity contribution is -0.139. The predicted octanol–water partition coefficient (Wildman–Crippen LogP) is 2.04. The second-order valence-electron chi connectivity index (χ2n) is 6.04. The van der Waals surface area contributed by atoms with Crippen LogP contribution in [0.25, 0.3) is 0 Å². The first-order valence-corrected chi connectivity index (χ1v) is 8.29. The van der Waals surface area contributed by atoms with Gasteiger partial charge in [-0.1, -0.05) is 0 Å². The lowest BCUT2D eigenvalue weighted by Crippen LogP contribution is -2.53. The molecule has 2 heterocycles. The normalized spacial score (nSPS) is 15.7. The Balaban J connectivity index is 1.55. The first-order chi connectivity index (χ1) is 12.5.